The molecule has 0 spiro atoms. The van der Waals surface area contributed by atoms with Gasteiger partial charge in [-0.15, -0.1) is 0 Å². The van der Waals surface area contributed by atoms with Gasteiger partial charge in [-0.2, -0.15) is 5.26 Å². The Kier molecular flexibility index (Phi) is 3.43. The van der Waals surface area contributed by atoms with Gasteiger partial charge in [-0.25, -0.2) is 0 Å². The molecule has 21 heavy (non-hydrogen) atoms. The van der Waals surface area contributed by atoms with Crippen LogP contribution in [0.1, 0.15) is 42.4 Å². The van der Waals surface area contributed by atoms with E-state index < -0.39 is 5.54 Å². The average Bonchev–Trinajstić information content (AvgIpc) is 2.53. The SMILES string of the molecule is Cc1ccccc1NC1(C#N)CCC(C)c2ccccc21. The van der Waals surface area contributed by atoms with Crippen LogP contribution in [0.5, 0.6) is 0 Å². The molecule has 0 amide bonds. The molecule has 0 saturated carbocycles. The van der Waals surface area contributed by atoms with Crippen molar-refractivity contribution >= 4 is 5.69 Å². The molecule has 2 heteroatoms. The minimum atomic E-state index is -0.616. The molecule has 1 aliphatic carbocycles. The molecule has 1 aliphatic rings. The number of hydrogen-bond donors (Lipinski definition) is 1. The lowest BCUT2D eigenvalue weighted by atomic mass is 9.73. The van der Waals surface area contributed by atoms with Crippen molar-refractivity contribution in [2.45, 2.75) is 38.1 Å². The van der Waals surface area contributed by atoms with Crippen LogP contribution in [0.3, 0.4) is 0 Å². The maximum absolute atomic E-state index is 9.91. The lowest BCUT2D eigenvalue weighted by molar-refractivity contribution is 0.462. The maximum atomic E-state index is 9.91. The molecule has 2 aromatic rings. The van der Waals surface area contributed by atoms with E-state index in [4.69, 9.17) is 0 Å². The molecule has 3 rings (SSSR count). The highest BCUT2D eigenvalue weighted by Crippen LogP contribution is 2.43. The van der Waals surface area contributed by atoms with Crippen molar-refractivity contribution in [3.63, 3.8) is 0 Å². The molecule has 2 aromatic carbocycles. The van der Waals surface area contributed by atoms with E-state index in [0.717, 1.165) is 24.1 Å². The maximum Gasteiger partial charge on any atom is 0.151 e. The van der Waals surface area contributed by atoms with Crippen LogP contribution in [-0.2, 0) is 5.54 Å². The van der Waals surface area contributed by atoms with E-state index >= 15 is 0 Å². The highest BCUT2D eigenvalue weighted by atomic mass is 15.0. The third-order valence-electron chi connectivity index (χ3n) is 4.59. The van der Waals surface area contributed by atoms with Gasteiger partial charge in [0.15, 0.2) is 5.54 Å². The number of para-hydroxylation sites is 1. The first-order chi connectivity index (χ1) is 10.2. The lowest BCUT2D eigenvalue weighted by Gasteiger charge is -2.38. The molecule has 0 saturated heterocycles. The summed E-state index contributed by atoms with van der Waals surface area (Å²) in [6.07, 6.45) is 1.87. The molecule has 0 heterocycles. The van der Waals surface area contributed by atoms with Gasteiger partial charge in [0.1, 0.15) is 0 Å². The van der Waals surface area contributed by atoms with Gasteiger partial charge in [0.25, 0.3) is 0 Å². The van der Waals surface area contributed by atoms with Gasteiger partial charge < -0.3 is 5.32 Å². The predicted octanol–water partition coefficient (Wildman–Crippen LogP) is 4.72. The fourth-order valence-electron chi connectivity index (χ4n) is 3.26. The number of rotatable bonds is 2. The first-order valence-electron chi connectivity index (χ1n) is 7.51. The number of hydrogen-bond acceptors (Lipinski definition) is 2. The zero-order chi connectivity index (χ0) is 14.9. The van der Waals surface area contributed by atoms with Crippen LogP contribution in [0.15, 0.2) is 48.5 Å². The van der Waals surface area contributed by atoms with E-state index in [9.17, 15) is 5.26 Å². The molecule has 1 N–H and O–H groups in total. The number of nitrogens with zero attached hydrogens (tertiary/aromatic N) is 1. The minimum Gasteiger partial charge on any atom is -0.363 e. The Labute approximate surface area is 126 Å². The lowest BCUT2D eigenvalue weighted by Crippen LogP contribution is -2.38. The van der Waals surface area contributed by atoms with Crippen molar-refractivity contribution in [3.05, 3.63) is 65.2 Å². The molecular formula is C19H20N2. The zero-order valence-corrected chi connectivity index (χ0v) is 12.6. The summed E-state index contributed by atoms with van der Waals surface area (Å²) >= 11 is 0. The summed E-state index contributed by atoms with van der Waals surface area (Å²) in [4.78, 5) is 0. The molecule has 106 valence electrons. The van der Waals surface area contributed by atoms with Crippen LogP contribution < -0.4 is 5.32 Å². The Morgan fingerprint density at radius 1 is 1.14 bits per heavy atom. The number of fused-ring (bicyclic) bond motifs is 1. The molecule has 2 unspecified atom stereocenters. The van der Waals surface area contributed by atoms with Crippen molar-refractivity contribution in [3.8, 4) is 6.07 Å². The first-order valence-corrected chi connectivity index (χ1v) is 7.51. The van der Waals surface area contributed by atoms with Crippen molar-refractivity contribution < 1.29 is 0 Å². The molecular weight excluding hydrogens is 256 g/mol. The third kappa shape index (κ3) is 2.29. The molecule has 2 nitrogen and oxygen atoms in total. The predicted molar refractivity (Wildman–Crippen MR) is 86.2 cm³/mol. The largest absolute Gasteiger partial charge is 0.363 e. The number of nitrogens with one attached hydrogen (secondary N) is 1. The second-order valence-electron chi connectivity index (χ2n) is 5.98. The summed E-state index contributed by atoms with van der Waals surface area (Å²) in [5.41, 5.74) is 4.03. The van der Waals surface area contributed by atoms with Crippen molar-refractivity contribution in [1.29, 1.82) is 5.26 Å². The van der Waals surface area contributed by atoms with Gasteiger partial charge in [-0.1, -0.05) is 49.4 Å². The Morgan fingerprint density at radius 2 is 1.86 bits per heavy atom. The van der Waals surface area contributed by atoms with E-state index in [-0.39, 0.29) is 0 Å². The van der Waals surface area contributed by atoms with Gasteiger partial charge in [-0.3, -0.25) is 0 Å². The molecule has 0 fully saturated rings. The van der Waals surface area contributed by atoms with Crippen molar-refractivity contribution in [2.24, 2.45) is 0 Å². The van der Waals surface area contributed by atoms with Crippen LogP contribution in [0.25, 0.3) is 0 Å². The summed E-state index contributed by atoms with van der Waals surface area (Å²) in [6.45, 7) is 4.32. The van der Waals surface area contributed by atoms with Gasteiger partial charge in [-0.05, 0) is 48.4 Å². The standard InChI is InChI=1S/C19H20N2/c1-14-11-12-19(13-20,17-9-5-4-8-16(14)17)21-18-10-6-3-7-15(18)2/h3-10,14,21H,11-12H2,1-2H3. The molecule has 0 aromatic heterocycles. The molecule has 2 atom stereocenters. The number of benzene rings is 2. The topological polar surface area (TPSA) is 35.8 Å². The molecule has 0 aliphatic heterocycles. The van der Waals surface area contributed by atoms with Crippen molar-refractivity contribution in [2.75, 3.05) is 5.32 Å². The highest BCUT2D eigenvalue weighted by Gasteiger charge is 2.39. The minimum absolute atomic E-state index is 0.515. The normalized spacial score (nSPS) is 24.0. The number of aryl methyl sites for hydroxylation is 1. The van der Waals surface area contributed by atoms with E-state index in [1.807, 2.05) is 18.2 Å². The smallest absolute Gasteiger partial charge is 0.151 e. The Balaban J connectivity index is 2.08. The van der Waals surface area contributed by atoms with Crippen LogP contribution in [0.4, 0.5) is 5.69 Å². The monoisotopic (exact) mass is 276 g/mol. The van der Waals surface area contributed by atoms with E-state index in [0.29, 0.717) is 5.92 Å². The second kappa shape index (κ2) is 5.26. The van der Waals surface area contributed by atoms with Crippen LogP contribution in [0, 0.1) is 18.3 Å². The summed E-state index contributed by atoms with van der Waals surface area (Å²) in [6, 6.07) is 19.1. The Morgan fingerprint density at radius 3 is 2.62 bits per heavy atom. The fraction of sp³-hybridized carbons (Fsp3) is 0.316. The highest BCUT2D eigenvalue weighted by molar-refractivity contribution is 5.58. The average molecular weight is 276 g/mol. The van der Waals surface area contributed by atoms with Gasteiger partial charge in [0.05, 0.1) is 6.07 Å². The second-order valence-corrected chi connectivity index (χ2v) is 5.98. The summed E-state index contributed by atoms with van der Waals surface area (Å²) in [5.74, 6) is 0.515. The van der Waals surface area contributed by atoms with Gasteiger partial charge >= 0.3 is 0 Å². The third-order valence-corrected chi connectivity index (χ3v) is 4.59. The Bertz CT molecular complexity index is 699. The molecule has 0 radical (unpaired) electrons. The first kappa shape index (κ1) is 13.7. The van der Waals surface area contributed by atoms with Gasteiger partial charge in [0, 0.05) is 5.69 Å². The van der Waals surface area contributed by atoms with E-state index in [2.05, 4.69) is 55.6 Å². The fourth-order valence-corrected chi connectivity index (χ4v) is 3.26. The van der Waals surface area contributed by atoms with Gasteiger partial charge in [0.2, 0.25) is 0 Å². The zero-order valence-electron chi connectivity index (χ0n) is 12.6. The van der Waals surface area contributed by atoms with E-state index in [1.165, 1.54) is 11.1 Å². The quantitative estimate of drug-likeness (QED) is 0.861. The summed E-state index contributed by atoms with van der Waals surface area (Å²) < 4.78 is 0. The van der Waals surface area contributed by atoms with E-state index in [1.54, 1.807) is 0 Å². The Hall–Kier alpha value is -2.27. The van der Waals surface area contributed by atoms with Crippen LogP contribution in [0.2, 0.25) is 0 Å². The van der Waals surface area contributed by atoms with Crippen LogP contribution >= 0.6 is 0 Å². The summed E-state index contributed by atoms with van der Waals surface area (Å²) in [5, 5.41) is 13.4. The van der Waals surface area contributed by atoms with Crippen molar-refractivity contribution in [1.82, 2.24) is 0 Å². The number of nitriles is 1. The number of anilines is 1. The summed E-state index contributed by atoms with van der Waals surface area (Å²) in [7, 11) is 0. The van der Waals surface area contributed by atoms with Crippen LogP contribution in [-0.4, -0.2) is 0 Å². The molecule has 0 bridgehead atoms.